The van der Waals surface area contributed by atoms with Gasteiger partial charge < -0.3 is 15.4 Å². The van der Waals surface area contributed by atoms with Crippen molar-refractivity contribution in [1.82, 2.24) is 15.1 Å². The lowest BCUT2D eigenvalue weighted by Gasteiger charge is -2.29. The summed E-state index contributed by atoms with van der Waals surface area (Å²) >= 11 is 0. The van der Waals surface area contributed by atoms with E-state index in [1.54, 1.807) is 20.8 Å². The molecule has 0 saturated carbocycles. The molecule has 0 fully saturated rings. The van der Waals surface area contributed by atoms with E-state index < -0.39 is 23.3 Å². The van der Waals surface area contributed by atoms with Crippen molar-refractivity contribution >= 4 is 0 Å². The lowest BCUT2D eigenvalue weighted by atomic mass is 9.83. The highest BCUT2D eigenvalue weighted by molar-refractivity contribution is 5.63. The molecule has 2 atom stereocenters. The molecule has 3 aromatic rings. The van der Waals surface area contributed by atoms with E-state index in [-0.39, 0.29) is 17.5 Å². The lowest BCUT2D eigenvalue weighted by molar-refractivity contribution is 0.134. The SMILES string of the molecule is Cc1noc(C)c1[C@H](O)C[C@](C)(N)c1cc(-c2cncnc2)c(F)cc1F. The van der Waals surface area contributed by atoms with Crippen LogP contribution in [0.1, 0.15) is 42.0 Å². The van der Waals surface area contributed by atoms with Crippen LogP contribution in [0, 0.1) is 25.5 Å². The molecule has 0 saturated heterocycles. The van der Waals surface area contributed by atoms with Crippen molar-refractivity contribution in [3.05, 3.63) is 65.1 Å². The smallest absolute Gasteiger partial charge is 0.139 e. The Morgan fingerprint density at radius 2 is 1.85 bits per heavy atom. The van der Waals surface area contributed by atoms with Gasteiger partial charge in [0.25, 0.3) is 0 Å². The number of rotatable bonds is 5. The molecule has 3 N–H and O–H groups in total. The average molecular weight is 374 g/mol. The third-order valence-corrected chi connectivity index (χ3v) is 4.58. The van der Waals surface area contributed by atoms with Crippen molar-refractivity contribution in [3.63, 3.8) is 0 Å². The molecule has 0 bridgehead atoms. The van der Waals surface area contributed by atoms with Crippen molar-refractivity contribution in [2.24, 2.45) is 5.73 Å². The molecule has 0 aliphatic rings. The van der Waals surface area contributed by atoms with Gasteiger partial charge in [-0.2, -0.15) is 0 Å². The molecule has 0 spiro atoms. The second-order valence-corrected chi connectivity index (χ2v) is 6.81. The molecule has 0 unspecified atom stereocenters. The van der Waals surface area contributed by atoms with Crippen molar-refractivity contribution < 1.29 is 18.4 Å². The van der Waals surface area contributed by atoms with Crippen molar-refractivity contribution in [3.8, 4) is 11.1 Å². The maximum Gasteiger partial charge on any atom is 0.139 e. The topological polar surface area (TPSA) is 98.1 Å². The Kier molecular flexibility index (Phi) is 5.03. The van der Waals surface area contributed by atoms with Crippen molar-refractivity contribution in [2.45, 2.75) is 38.8 Å². The normalized spacial score (nSPS) is 14.8. The number of benzene rings is 1. The summed E-state index contributed by atoms with van der Waals surface area (Å²) in [7, 11) is 0. The number of hydrogen-bond acceptors (Lipinski definition) is 6. The Bertz CT molecular complexity index is 938. The van der Waals surface area contributed by atoms with Gasteiger partial charge in [-0.3, -0.25) is 0 Å². The molecule has 0 amide bonds. The minimum Gasteiger partial charge on any atom is -0.388 e. The van der Waals surface area contributed by atoms with Gasteiger partial charge in [-0.1, -0.05) is 5.16 Å². The first kappa shape index (κ1) is 19.1. The first-order chi connectivity index (χ1) is 12.7. The fraction of sp³-hybridized carbons (Fsp3) is 0.316. The third-order valence-electron chi connectivity index (χ3n) is 4.58. The van der Waals surface area contributed by atoms with Crippen LogP contribution in [-0.2, 0) is 5.54 Å². The van der Waals surface area contributed by atoms with Gasteiger partial charge >= 0.3 is 0 Å². The molecule has 6 nitrogen and oxygen atoms in total. The number of aliphatic hydroxyl groups excluding tert-OH is 1. The molecule has 3 rings (SSSR count). The summed E-state index contributed by atoms with van der Waals surface area (Å²) in [6, 6.07) is 2.12. The van der Waals surface area contributed by atoms with E-state index in [4.69, 9.17) is 10.3 Å². The number of aromatic nitrogens is 3. The summed E-state index contributed by atoms with van der Waals surface area (Å²) in [6.45, 7) is 4.96. The van der Waals surface area contributed by atoms with E-state index in [0.29, 0.717) is 22.6 Å². The Morgan fingerprint density at radius 1 is 1.19 bits per heavy atom. The van der Waals surface area contributed by atoms with E-state index in [1.807, 2.05) is 0 Å². The minimum absolute atomic E-state index is 0.0107. The first-order valence-electron chi connectivity index (χ1n) is 8.35. The highest BCUT2D eigenvalue weighted by Crippen LogP contribution is 2.36. The predicted molar refractivity (Wildman–Crippen MR) is 94.5 cm³/mol. The fourth-order valence-electron chi connectivity index (χ4n) is 3.23. The standard InChI is InChI=1S/C19H20F2N4O2/c1-10-18(11(2)27-25-10)17(26)6-19(3,22)14-4-13(15(20)5-16(14)21)12-7-23-9-24-8-12/h4-5,7-9,17,26H,6,22H2,1-3H3/t17-,19+/m1/s1. The van der Waals surface area contributed by atoms with Gasteiger partial charge in [0.1, 0.15) is 23.7 Å². The monoisotopic (exact) mass is 374 g/mol. The van der Waals surface area contributed by atoms with E-state index in [1.165, 1.54) is 24.8 Å². The number of nitrogens with zero attached hydrogens (tertiary/aromatic N) is 3. The second-order valence-electron chi connectivity index (χ2n) is 6.81. The third kappa shape index (κ3) is 3.72. The molecule has 2 heterocycles. The summed E-state index contributed by atoms with van der Waals surface area (Å²) < 4.78 is 33.9. The second kappa shape index (κ2) is 7.13. The lowest BCUT2D eigenvalue weighted by Crippen LogP contribution is -2.36. The van der Waals surface area contributed by atoms with Crippen LogP contribution in [0.25, 0.3) is 11.1 Å². The van der Waals surface area contributed by atoms with Gasteiger partial charge in [-0.25, -0.2) is 18.7 Å². The predicted octanol–water partition coefficient (Wildman–Crippen LogP) is 3.32. The Morgan fingerprint density at radius 3 is 2.44 bits per heavy atom. The molecule has 2 aromatic heterocycles. The summed E-state index contributed by atoms with van der Waals surface area (Å²) in [6.07, 6.45) is 3.15. The summed E-state index contributed by atoms with van der Waals surface area (Å²) in [5.74, 6) is -1.06. The largest absolute Gasteiger partial charge is 0.388 e. The van der Waals surface area contributed by atoms with Crippen molar-refractivity contribution in [1.29, 1.82) is 0 Å². The molecule has 142 valence electrons. The first-order valence-corrected chi connectivity index (χ1v) is 8.35. The van der Waals surface area contributed by atoms with Crippen LogP contribution in [0.3, 0.4) is 0 Å². The Hall–Kier alpha value is -2.71. The quantitative estimate of drug-likeness (QED) is 0.711. The summed E-state index contributed by atoms with van der Waals surface area (Å²) in [5, 5.41) is 14.4. The molecule has 0 aliphatic heterocycles. The van der Waals surface area contributed by atoms with E-state index in [9.17, 15) is 13.9 Å². The van der Waals surface area contributed by atoms with Gasteiger partial charge in [0.2, 0.25) is 0 Å². The van der Waals surface area contributed by atoms with E-state index in [0.717, 1.165) is 6.07 Å². The van der Waals surface area contributed by atoms with Crippen LogP contribution in [0.15, 0.2) is 35.4 Å². The van der Waals surface area contributed by atoms with Gasteiger partial charge in [0.05, 0.1) is 11.8 Å². The van der Waals surface area contributed by atoms with Gasteiger partial charge in [-0.15, -0.1) is 0 Å². The number of aliphatic hydroxyl groups is 1. The average Bonchev–Trinajstić information content (AvgIpc) is 2.93. The maximum atomic E-state index is 14.5. The van der Waals surface area contributed by atoms with Gasteiger partial charge in [0, 0.05) is 46.3 Å². The molecule has 1 aromatic carbocycles. The molecule has 0 radical (unpaired) electrons. The highest BCUT2D eigenvalue weighted by Gasteiger charge is 2.32. The van der Waals surface area contributed by atoms with E-state index >= 15 is 0 Å². The zero-order chi connectivity index (χ0) is 19.8. The van der Waals surface area contributed by atoms with Gasteiger partial charge in [-0.05, 0) is 33.3 Å². The number of nitrogens with two attached hydrogens (primary N) is 1. The van der Waals surface area contributed by atoms with Crippen LogP contribution >= 0.6 is 0 Å². The minimum atomic E-state index is -1.28. The fourth-order valence-corrected chi connectivity index (χ4v) is 3.23. The zero-order valence-electron chi connectivity index (χ0n) is 15.2. The summed E-state index contributed by atoms with van der Waals surface area (Å²) in [4.78, 5) is 7.72. The van der Waals surface area contributed by atoms with E-state index in [2.05, 4.69) is 15.1 Å². The Balaban J connectivity index is 1.99. The van der Waals surface area contributed by atoms with Crippen LogP contribution in [0.5, 0.6) is 0 Å². The number of halogens is 2. The maximum absolute atomic E-state index is 14.5. The molecule has 8 heteroatoms. The molecular formula is C19H20F2N4O2. The molecular weight excluding hydrogens is 354 g/mol. The highest BCUT2D eigenvalue weighted by atomic mass is 19.1. The van der Waals surface area contributed by atoms with Crippen LogP contribution in [0.4, 0.5) is 8.78 Å². The number of hydrogen-bond donors (Lipinski definition) is 2. The number of aryl methyl sites for hydroxylation is 2. The Labute approximate surface area is 155 Å². The molecule has 0 aliphatic carbocycles. The van der Waals surface area contributed by atoms with Crippen molar-refractivity contribution in [2.75, 3.05) is 0 Å². The zero-order valence-corrected chi connectivity index (χ0v) is 15.2. The van der Waals surface area contributed by atoms with Crippen LogP contribution < -0.4 is 5.73 Å². The van der Waals surface area contributed by atoms with Crippen LogP contribution in [-0.4, -0.2) is 20.2 Å². The molecule has 27 heavy (non-hydrogen) atoms. The summed E-state index contributed by atoms with van der Waals surface area (Å²) in [5.41, 5.74) is 6.73. The van der Waals surface area contributed by atoms with Crippen LogP contribution in [0.2, 0.25) is 0 Å². The van der Waals surface area contributed by atoms with Gasteiger partial charge in [0.15, 0.2) is 0 Å².